The summed E-state index contributed by atoms with van der Waals surface area (Å²) in [5, 5.41) is 7.63. The van der Waals surface area contributed by atoms with Crippen molar-refractivity contribution in [2.75, 3.05) is 78.5 Å². The molecule has 0 aromatic heterocycles. The van der Waals surface area contributed by atoms with Crippen molar-refractivity contribution in [3.05, 3.63) is 20.9 Å². The summed E-state index contributed by atoms with van der Waals surface area (Å²) in [6.07, 6.45) is 8.85. The highest BCUT2D eigenvalue weighted by molar-refractivity contribution is 6.01. The lowest BCUT2D eigenvalue weighted by atomic mass is 10.1. The number of amides is 13. The summed E-state index contributed by atoms with van der Waals surface area (Å²) in [5.41, 5.74) is 24.2. The van der Waals surface area contributed by atoms with Crippen LogP contribution in [0, 0.1) is 0 Å². The Kier molecular flexibility index (Phi) is 19.3. The minimum Gasteiger partial charge on any atom is -0.368 e. The molecule has 12 fully saturated rings. The topological polar surface area (TPSA) is 384 Å². The first kappa shape index (κ1) is 65.8. The molecule has 0 bridgehead atoms. The van der Waals surface area contributed by atoms with Gasteiger partial charge >= 0.3 is 0 Å². The second kappa shape index (κ2) is 27.6. The van der Waals surface area contributed by atoms with Crippen LogP contribution in [0.1, 0.15) is 148 Å². The molecule has 32 heteroatoms. The molecule has 0 aromatic carbocycles. The minimum absolute atomic E-state index is 0.0286. The molecule has 13 amide bonds. The molecule has 12 saturated heterocycles. The smallest absolute Gasteiger partial charge is 0.246 e. The largest absolute Gasteiger partial charge is 0.368 e. The summed E-state index contributed by atoms with van der Waals surface area (Å²) in [6.45, 7) is 3.92. The van der Waals surface area contributed by atoms with Gasteiger partial charge in [0.15, 0.2) is 0 Å². The van der Waals surface area contributed by atoms with Gasteiger partial charge in [-0.3, -0.25) is 62.3 Å². The summed E-state index contributed by atoms with van der Waals surface area (Å²) < 4.78 is 0. The fourth-order valence-corrected chi connectivity index (χ4v) is 18.0. The Morgan fingerprint density at radius 2 is 0.468 bits per heavy atom. The van der Waals surface area contributed by atoms with Gasteiger partial charge in [0.2, 0.25) is 76.8 Å². The van der Waals surface area contributed by atoms with Gasteiger partial charge in [-0.2, -0.15) is 0 Å². The van der Waals surface area contributed by atoms with Gasteiger partial charge in [-0.1, -0.05) is 10.2 Å². The van der Waals surface area contributed by atoms with Crippen LogP contribution in [0.25, 0.3) is 20.9 Å². The fourth-order valence-electron chi connectivity index (χ4n) is 18.0. The molecule has 94 heavy (non-hydrogen) atoms. The van der Waals surface area contributed by atoms with E-state index in [1.54, 1.807) is 19.6 Å². The van der Waals surface area contributed by atoms with E-state index in [1.807, 2.05) is 0 Å². The highest BCUT2D eigenvalue weighted by Gasteiger charge is 2.55. The number of hydrogen-bond acceptors (Lipinski definition) is 15. The van der Waals surface area contributed by atoms with Gasteiger partial charge < -0.3 is 64.5 Å². The number of carbonyl (C=O) groups excluding carboxylic acids is 13. The van der Waals surface area contributed by atoms with E-state index >= 15 is 0 Å². The van der Waals surface area contributed by atoms with E-state index in [-0.39, 0.29) is 120 Å². The summed E-state index contributed by atoms with van der Waals surface area (Å²) in [7, 11) is 0. The van der Waals surface area contributed by atoms with Gasteiger partial charge in [0, 0.05) is 95.3 Å². The van der Waals surface area contributed by atoms with Crippen LogP contribution >= 0.6 is 0 Å². The molecule has 0 aliphatic carbocycles. The van der Waals surface area contributed by atoms with Crippen molar-refractivity contribution in [3.8, 4) is 0 Å². The fraction of sp³-hybridized carbons (Fsp3) is 0.790. The number of azide groups is 2. The zero-order valence-corrected chi connectivity index (χ0v) is 53.6. The Hall–Kier alpha value is -8.27. The number of rotatable bonds is 14. The summed E-state index contributed by atoms with van der Waals surface area (Å²) in [6, 6.07) is -12.3. The number of likely N-dealkylation sites (tertiary alicyclic amines) is 12. The molecule has 0 aromatic rings. The lowest BCUT2D eigenvalue weighted by Gasteiger charge is -2.38. The molecule has 0 radical (unpaired) electrons. The molecule has 12 heterocycles. The number of nitrogens with two attached hydrogens (primary N) is 1. The van der Waals surface area contributed by atoms with E-state index in [0.717, 1.165) is 0 Å². The van der Waals surface area contributed by atoms with Crippen molar-refractivity contribution in [3.63, 3.8) is 0 Å². The molecule has 0 unspecified atom stereocenters. The van der Waals surface area contributed by atoms with Crippen molar-refractivity contribution >= 4 is 76.8 Å². The quantitative estimate of drug-likeness (QED) is 0.136. The molecule has 12 aliphatic heterocycles. The first-order valence-electron chi connectivity index (χ1n) is 34.3. The van der Waals surface area contributed by atoms with Crippen LogP contribution in [0.4, 0.5) is 0 Å². The molecular weight excluding hydrogens is 1220 g/mol. The van der Waals surface area contributed by atoms with E-state index < -0.39 is 126 Å². The van der Waals surface area contributed by atoms with E-state index in [0.29, 0.717) is 135 Å². The number of hydrogen-bond donors (Lipinski definition) is 1. The molecule has 32 nitrogen and oxygen atoms in total. The molecule has 2 N–H and O–H groups in total. The second-order valence-electron chi connectivity index (χ2n) is 27.7. The van der Waals surface area contributed by atoms with Crippen LogP contribution in [-0.4, -0.2) is 299 Å². The molecule has 12 rings (SSSR count). The van der Waals surface area contributed by atoms with Gasteiger partial charge in [0.1, 0.15) is 72.5 Å². The Labute approximate surface area is 544 Å². The Bertz CT molecular complexity index is 3210. The normalized spacial score (nSPS) is 32.5. The Morgan fingerprint density at radius 3 is 0.681 bits per heavy atom. The summed E-state index contributed by atoms with van der Waals surface area (Å²) in [4.78, 5) is 210. The van der Waals surface area contributed by atoms with E-state index in [4.69, 9.17) is 11.3 Å². The Balaban J connectivity index is 0.673. The number of carbonyl (C=O) groups is 13. The SMILES string of the molecule is CC(=O)N1C[C@@H](N=[N+]=[N-])C[C@H]1C(=O)N1CCC[C@H]1C(=O)N1C[C@@H](N=[N+]=[N-])C[C@H]1C(=O)N1CCC[C@H]1C(=O)N1CCC[C@H]1C(=O)N1CCC[C@H]1C(=O)N1CCC[C@H]1C(=O)N1CCC[C@H]1C(=O)N1CCC[C@H]1C(=O)N1CCC[C@H]1C(=O)N1CCC[C@H]1C(=O)N1CCC[C@H]1C(N)=O. The van der Waals surface area contributed by atoms with Crippen molar-refractivity contribution in [1.29, 1.82) is 0 Å². The first-order chi connectivity index (χ1) is 45.3. The zero-order chi connectivity index (χ0) is 66.4. The van der Waals surface area contributed by atoms with Gasteiger partial charge in [-0.05, 0) is 152 Å². The van der Waals surface area contributed by atoms with Crippen LogP contribution in [0.5, 0.6) is 0 Å². The molecule has 0 saturated carbocycles. The van der Waals surface area contributed by atoms with Gasteiger partial charge in [-0.15, -0.1) is 0 Å². The van der Waals surface area contributed by atoms with Crippen molar-refractivity contribution < 1.29 is 62.3 Å². The van der Waals surface area contributed by atoms with Crippen LogP contribution in [0.3, 0.4) is 0 Å². The third-order valence-corrected chi connectivity index (χ3v) is 22.5. The lowest BCUT2D eigenvalue weighted by Crippen LogP contribution is -2.59. The minimum atomic E-state index is -1.15. The number of nitrogens with zero attached hydrogens (tertiary/aromatic N) is 18. The predicted octanol–water partition coefficient (Wildman–Crippen LogP) is -0.0388. The average molecular weight is 1310 g/mol. The molecule has 12 aliphatic rings. The van der Waals surface area contributed by atoms with E-state index in [1.165, 1.54) is 46.1 Å². The highest BCUT2D eigenvalue weighted by Crippen LogP contribution is 2.37. The molecule has 0 spiro atoms. The maximum absolute atomic E-state index is 14.9. The first-order valence-corrected chi connectivity index (χ1v) is 34.3. The predicted molar refractivity (Wildman–Crippen MR) is 328 cm³/mol. The highest BCUT2D eigenvalue weighted by atomic mass is 16.2. The van der Waals surface area contributed by atoms with Crippen molar-refractivity contribution in [2.24, 2.45) is 16.0 Å². The van der Waals surface area contributed by atoms with Gasteiger partial charge in [-0.25, -0.2) is 0 Å². The molecule has 14 atom stereocenters. The maximum atomic E-state index is 14.9. The van der Waals surface area contributed by atoms with Gasteiger partial charge in [0.05, 0.1) is 12.1 Å². The summed E-state index contributed by atoms with van der Waals surface area (Å²) >= 11 is 0. The molecule has 508 valence electrons. The third-order valence-electron chi connectivity index (χ3n) is 22.5. The average Bonchev–Trinajstić information content (AvgIpc) is 1.64. The van der Waals surface area contributed by atoms with Crippen LogP contribution in [0.15, 0.2) is 10.2 Å². The van der Waals surface area contributed by atoms with Crippen LogP contribution in [0.2, 0.25) is 0 Å². The standard InChI is InChI=1S/C62H87N19O13/c1-36(82)80-34-37(66-68-64)32-49(80)61(93)79-31-11-21-48(79)60(92)81-35-38(67-69-65)33-50(81)62(94)78-30-10-20-47(78)59(91)77-29-9-19-46(77)58(90)76-28-8-18-45(76)57(89)75-27-7-17-44(75)56(88)74-26-6-16-43(74)55(87)73-25-5-15-42(73)54(86)72-24-4-14-41(72)53(85)71-23-3-13-40(71)52(84)70-22-2-12-39(70)51(63)83/h37-50H,2-35H2,1H3,(H2,63,83)/t37-,38-,39-,40-,41-,42-,43-,44-,45-,46-,47-,48-,49-,50-/m0/s1. The third kappa shape index (κ3) is 12.1. The van der Waals surface area contributed by atoms with Crippen molar-refractivity contribution in [1.82, 2.24) is 58.8 Å². The Morgan fingerprint density at radius 1 is 0.287 bits per heavy atom. The maximum Gasteiger partial charge on any atom is 0.246 e. The van der Waals surface area contributed by atoms with Crippen molar-refractivity contribution in [2.45, 2.75) is 233 Å². The van der Waals surface area contributed by atoms with Gasteiger partial charge in [0.25, 0.3) is 0 Å². The van der Waals surface area contributed by atoms with Crippen LogP contribution < -0.4 is 5.73 Å². The number of primary amides is 1. The van der Waals surface area contributed by atoms with E-state index in [2.05, 4.69) is 20.1 Å². The molecular formula is C62H87N19O13. The van der Waals surface area contributed by atoms with E-state index in [9.17, 15) is 67.9 Å². The summed E-state index contributed by atoms with van der Waals surface area (Å²) in [5.74, 6) is -5.46. The van der Waals surface area contributed by atoms with Crippen LogP contribution in [-0.2, 0) is 62.3 Å². The lowest BCUT2D eigenvalue weighted by molar-refractivity contribution is -0.156. The second-order valence-corrected chi connectivity index (χ2v) is 27.7. The monoisotopic (exact) mass is 1310 g/mol. The zero-order valence-electron chi connectivity index (χ0n) is 53.6.